The average molecular weight is 769 g/mol. The van der Waals surface area contributed by atoms with Gasteiger partial charge < -0.3 is 19.3 Å². The van der Waals surface area contributed by atoms with Crippen LogP contribution in [0.5, 0.6) is 23.0 Å². The lowest BCUT2D eigenvalue weighted by molar-refractivity contribution is 0.464. The highest BCUT2D eigenvalue weighted by atomic mass is 16.5. The minimum absolute atomic E-state index is 0.0433. The van der Waals surface area contributed by atoms with E-state index in [9.17, 15) is 0 Å². The number of aromatic nitrogens is 2. The molecule has 6 heterocycles. The van der Waals surface area contributed by atoms with Gasteiger partial charge in [0.1, 0.15) is 34.4 Å². The van der Waals surface area contributed by atoms with Crippen molar-refractivity contribution in [2.45, 2.75) is 38.8 Å². The van der Waals surface area contributed by atoms with E-state index in [1.54, 1.807) is 0 Å². The predicted molar refractivity (Wildman–Crippen MR) is 239 cm³/mol. The van der Waals surface area contributed by atoms with Crippen LogP contribution < -0.4 is 35.7 Å². The fourth-order valence-corrected chi connectivity index (χ4v) is 8.90. The summed E-state index contributed by atoms with van der Waals surface area (Å²) in [5.41, 5.74) is 10.9. The van der Waals surface area contributed by atoms with Crippen LogP contribution >= 0.6 is 0 Å². The summed E-state index contributed by atoms with van der Waals surface area (Å²) in [7, 11) is 0. The summed E-state index contributed by atoms with van der Waals surface area (Å²) in [5, 5.41) is 0. The number of amidine groups is 2. The predicted octanol–water partition coefficient (Wildman–Crippen LogP) is 8.63. The number of ether oxygens (including phenoxy) is 2. The number of para-hydroxylation sites is 2. The highest BCUT2D eigenvalue weighted by molar-refractivity contribution is 6.98. The number of nitrogens with zero attached hydrogens (tertiary/aromatic N) is 6. The van der Waals surface area contributed by atoms with Crippen molar-refractivity contribution >= 4 is 46.1 Å². The highest BCUT2D eigenvalue weighted by Gasteiger charge is 2.40. The number of pyridine rings is 2. The lowest BCUT2D eigenvalue weighted by Crippen LogP contribution is -2.57. The first-order valence-electron chi connectivity index (χ1n) is 20.2. The normalized spacial score (nSPS) is 16.6. The molecule has 11 rings (SSSR count). The zero-order valence-corrected chi connectivity index (χ0v) is 33.4. The van der Waals surface area contributed by atoms with Gasteiger partial charge in [-0.2, -0.15) is 0 Å². The van der Waals surface area contributed by atoms with Gasteiger partial charge in [-0.25, -0.2) is 0 Å². The topological polar surface area (TPSA) is 75.4 Å². The van der Waals surface area contributed by atoms with Crippen LogP contribution in [0.1, 0.15) is 39.1 Å². The van der Waals surface area contributed by atoms with Gasteiger partial charge in [0.05, 0.1) is 11.1 Å². The van der Waals surface area contributed by atoms with Crippen LogP contribution in [0.2, 0.25) is 0 Å². The van der Waals surface area contributed by atoms with Gasteiger partial charge in [-0.15, -0.1) is 0 Å². The van der Waals surface area contributed by atoms with Gasteiger partial charge in [0.25, 0.3) is 6.71 Å². The zero-order chi connectivity index (χ0) is 39.9. The van der Waals surface area contributed by atoms with E-state index in [0.29, 0.717) is 0 Å². The number of hydrogen-bond acceptors (Lipinski definition) is 8. The van der Waals surface area contributed by atoms with Crippen LogP contribution in [-0.2, 0) is 0 Å². The molecule has 0 amide bonds. The van der Waals surface area contributed by atoms with Crippen molar-refractivity contribution in [3.05, 3.63) is 163 Å². The van der Waals surface area contributed by atoms with Crippen LogP contribution in [0, 0.1) is 0 Å². The van der Waals surface area contributed by atoms with E-state index in [1.165, 1.54) is 0 Å². The zero-order valence-electron chi connectivity index (χ0n) is 33.4. The third-order valence-electron chi connectivity index (χ3n) is 11.6. The first-order valence-corrected chi connectivity index (χ1v) is 20.2. The fourth-order valence-electron chi connectivity index (χ4n) is 8.90. The van der Waals surface area contributed by atoms with Gasteiger partial charge >= 0.3 is 0 Å². The Labute approximate surface area is 344 Å². The number of anilines is 2. The third kappa shape index (κ3) is 6.16. The SMILES string of the molecule is CC1(C)CN(c2ccccc2)C(c2ccc(-c3ccc4c(c3)Oc3cccc5c3B4c3ccc(-c4ccc(C6=NC(C)(C)CN6c6ccccc6)nc4)cc3O5)cn2)=N1. The molecular weight excluding hydrogens is 727 g/mol. The van der Waals surface area contributed by atoms with Gasteiger partial charge in [-0.05, 0) is 110 Å². The molecule has 0 spiro atoms. The maximum absolute atomic E-state index is 6.64. The Morgan fingerprint density at radius 1 is 0.475 bits per heavy atom. The molecule has 286 valence electrons. The summed E-state index contributed by atoms with van der Waals surface area (Å²) in [4.78, 5) is 24.6. The minimum Gasteiger partial charge on any atom is -0.458 e. The van der Waals surface area contributed by atoms with Crippen molar-refractivity contribution in [1.82, 2.24) is 9.97 Å². The molecule has 0 N–H and O–H groups in total. The second-order valence-corrected chi connectivity index (χ2v) is 17.0. The van der Waals surface area contributed by atoms with E-state index in [1.807, 2.05) is 42.7 Å². The average Bonchev–Trinajstić information content (AvgIpc) is 3.78. The van der Waals surface area contributed by atoms with Crippen molar-refractivity contribution < 1.29 is 9.47 Å². The van der Waals surface area contributed by atoms with E-state index >= 15 is 0 Å². The summed E-state index contributed by atoms with van der Waals surface area (Å²) >= 11 is 0. The highest BCUT2D eigenvalue weighted by Crippen LogP contribution is 2.38. The summed E-state index contributed by atoms with van der Waals surface area (Å²) in [6.45, 7) is 10.2. The largest absolute Gasteiger partial charge is 0.458 e. The smallest absolute Gasteiger partial charge is 0.260 e. The Bertz CT molecular complexity index is 2650. The Kier molecular flexibility index (Phi) is 7.92. The maximum Gasteiger partial charge on any atom is 0.260 e. The number of benzene rings is 5. The molecule has 0 atom stereocenters. The third-order valence-corrected chi connectivity index (χ3v) is 11.6. The Hall–Kier alpha value is -7.00. The van der Waals surface area contributed by atoms with Crippen LogP contribution in [0.15, 0.2) is 162 Å². The first-order chi connectivity index (χ1) is 28.7. The summed E-state index contributed by atoms with van der Waals surface area (Å²) in [6, 6.07) is 48.3. The second-order valence-electron chi connectivity index (χ2n) is 17.0. The van der Waals surface area contributed by atoms with Crippen molar-refractivity contribution in [3.63, 3.8) is 0 Å². The van der Waals surface area contributed by atoms with Crippen molar-refractivity contribution in [1.29, 1.82) is 0 Å². The Morgan fingerprint density at radius 2 is 0.915 bits per heavy atom. The number of fused-ring (bicyclic) bond motifs is 4. The number of aliphatic imine (C=N–C) groups is 2. The molecule has 59 heavy (non-hydrogen) atoms. The fraction of sp³-hybridized carbons (Fsp3) is 0.160. The summed E-state index contributed by atoms with van der Waals surface area (Å²) in [6.07, 6.45) is 3.88. The van der Waals surface area contributed by atoms with Crippen LogP contribution in [0.25, 0.3) is 22.3 Å². The van der Waals surface area contributed by atoms with Crippen LogP contribution in [-0.4, -0.2) is 52.5 Å². The van der Waals surface area contributed by atoms with E-state index in [-0.39, 0.29) is 17.8 Å². The van der Waals surface area contributed by atoms with E-state index in [2.05, 4.69) is 147 Å². The summed E-state index contributed by atoms with van der Waals surface area (Å²) in [5.74, 6) is 5.06. The standard InChI is InChI=1S/C50H41BN6O2/c1-49(2)30-56(36-12-7-5-8-13-36)47(54-49)40-24-20-34(28-52-40)32-18-22-38-44(26-32)58-42-16-11-17-43-46(42)51(38)39-23-19-33(27-45(39)59-43)35-21-25-41(53-29-35)48-55-50(3,4)31-57(48)37-14-9-6-10-15-37/h5-29H,30-31H2,1-4H3. The monoisotopic (exact) mass is 768 g/mol. The molecule has 8 nitrogen and oxygen atoms in total. The Balaban J connectivity index is 0.890. The molecule has 0 fully saturated rings. The van der Waals surface area contributed by atoms with Crippen LogP contribution in [0.4, 0.5) is 11.4 Å². The number of rotatable bonds is 6. The summed E-state index contributed by atoms with van der Waals surface area (Å²) < 4.78 is 13.3. The minimum atomic E-state index is -0.209. The Morgan fingerprint density at radius 3 is 1.34 bits per heavy atom. The van der Waals surface area contributed by atoms with E-state index in [0.717, 1.165) is 109 Å². The molecule has 7 aromatic rings. The second kappa shape index (κ2) is 13.3. The van der Waals surface area contributed by atoms with Gasteiger partial charge in [0.2, 0.25) is 0 Å². The van der Waals surface area contributed by atoms with Gasteiger partial charge in [-0.1, -0.05) is 78.9 Å². The molecule has 9 heteroatoms. The molecule has 0 bridgehead atoms. The molecule has 5 aromatic carbocycles. The molecule has 0 saturated carbocycles. The van der Waals surface area contributed by atoms with E-state index < -0.39 is 0 Å². The van der Waals surface area contributed by atoms with Crippen molar-refractivity contribution in [2.24, 2.45) is 9.98 Å². The molecule has 0 aliphatic carbocycles. The maximum atomic E-state index is 6.64. The first kappa shape index (κ1) is 35.2. The molecule has 0 saturated heterocycles. The van der Waals surface area contributed by atoms with Crippen molar-refractivity contribution in [2.75, 3.05) is 22.9 Å². The van der Waals surface area contributed by atoms with E-state index in [4.69, 9.17) is 29.4 Å². The van der Waals surface area contributed by atoms with Crippen LogP contribution in [0.3, 0.4) is 0 Å². The molecular formula is C50H41BN6O2. The lowest BCUT2D eigenvalue weighted by Gasteiger charge is -2.33. The molecule has 2 aromatic heterocycles. The molecule has 0 unspecified atom stereocenters. The van der Waals surface area contributed by atoms with Gasteiger partial charge in [0, 0.05) is 53.4 Å². The molecule has 0 radical (unpaired) electrons. The molecule has 4 aliphatic heterocycles. The van der Waals surface area contributed by atoms with Gasteiger partial charge in [-0.3, -0.25) is 20.0 Å². The number of hydrogen-bond donors (Lipinski definition) is 0. The lowest BCUT2D eigenvalue weighted by atomic mass is 9.35. The van der Waals surface area contributed by atoms with Crippen molar-refractivity contribution in [3.8, 4) is 45.3 Å². The quantitative estimate of drug-likeness (QED) is 0.158. The molecule has 4 aliphatic rings. The van der Waals surface area contributed by atoms with Gasteiger partial charge in [0.15, 0.2) is 11.7 Å².